The van der Waals surface area contributed by atoms with Crippen molar-refractivity contribution in [1.82, 2.24) is 15.1 Å². The molecule has 0 radical (unpaired) electrons. The molecule has 2 fully saturated rings. The third-order valence-corrected chi connectivity index (χ3v) is 4.90. The summed E-state index contributed by atoms with van der Waals surface area (Å²) in [6.07, 6.45) is 2.30. The second-order valence-corrected chi connectivity index (χ2v) is 6.53. The van der Waals surface area contributed by atoms with Crippen LogP contribution >= 0.6 is 11.8 Å². The Labute approximate surface area is 123 Å². The van der Waals surface area contributed by atoms with E-state index in [1.54, 1.807) is 0 Å². The van der Waals surface area contributed by atoms with Crippen molar-refractivity contribution < 1.29 is 14.7 Å². The van der Waals surface area contributed by atoms with Crippen LogP contribution in [0.3, 0.4) is 0 Å². The first kappa shape index (κ1) is 15.4. The van der Waals surface area contributed by atoms with Gasteiger partial charge in [-0.1, -0.05) is 0 Å². The maximum Gasteiger partial charge on any atom is 0.317 e. The molecule has 0 bridgehead atoms. The average Bonchev–Trinajstić information content (AvgIpc) is 2.46. The smallest absolute Gasteiger partial charge is 0.317 e. The molecule has 0 aliphatic carbocycles. The SMILES string of the molecule is O=C(O)CCN1CCN(C(=O)NC2CCSCC2)CC1. The number of nitrogens with zero attached hydrogens (tertiary/aromatic N) is 2. The number of nitrogens with one attached hydrogen (secondary N) is 1. The Kier molecular flexibility index (Phi) is 5.97. The summed E-state index contributed by atoms with van der Waals surface area (Å²) >= 11 is 1.95. The molecule has 0 aromatic rings. The van der Waals surface area contributed by atoms with Crippen molar-refractivity contribution in [1.29, 1.82) is 0 Å². The van der Waals surface area contributed by atoms with Gasteiger partial charge < -0.3 is 15.3 Å². The average molecular weight is 301 g/mol. The number of carboxylic acids is 1. The number of hydrogen-bond donors (Lipinski definition) is 2. The summed E-state index contributed by atoms with van der Waals surface area (Å²) in [4.78, 5) is 26.6. The minimum atomic E-state index is -0.764. The number of amides is 2. The molecule has 2 N–H and O–H groups in total. The molecule has 0 unspecified atom stereocenters. The number of piperazine rings is 1. The van der Waals surface area contributed by atoms with E-state index in [1.807, 2.05) is 16.7 Å². The molecule has 2 heterocycles. The highest BCUT2D eigenvalue weighted by atomic mass is 32.2. The van der Waals surface area contributed by atoms with E-state index < -0.39 is 5.97 Å². The molecule has 2 aliphatic rings. The molecule has 0 atom stereocenters. The maximum absolute atomic E-state index is 12.1. The van der Waals surface area contributed by atoms with Crippen LogP contribution in [0.1, 0.15) is 19.3 Å². The van der Waals surface area contributed by atoms with Crippen molar-refractivity contribution in [3.05, 3.63) is 0 Å². The summed E-state index contributed by atoms with van der Waals surface area (Å²) in [5.41, 5.74) is 0. The van der Waals surface area contributed by atoms with Gasteiger partial charge in [-0.3, -0.25) is 9.69 Å². The predicted octanol–water partition coefficient (Wildman–Crippen LogP) is 0.684. The lowest BCUT2D eigenvalue weighted by Crippen LogP contribution is -2.54. The van der Waals surface area contributed by atoms with Gasteiger partial charge in [0.2, 0.25) is 0 Å². The van der Waals surface area contributed by atoms with E-state index in [1.165, 1.54) is 0 Å². The van der Waals surface area contributed by atoms with Crippen molar-refractivity contribution >= 4 is 23.8 Å². The number of thioether (sulfide) groups is 1. The Bertz CT molecular complexity index is 340. The Balaban J connectivity index is 1.67. The van der Waals surface area contributed by atoms with Gasteiger partial charge in [-0.15, -0.1) is 0 Å². The lowest BCUT2D eigenvalue weighted by molar-refractivity contribution is -0.137. The van der Waals surface area contributed by atoms with Gasteiger partial charge in [0, 0.05) is 38.8 Å². The fraction of sp³-hybridized carbons (Fsp3) is 0.846. The zero-order valence-electron chi connectivity index (χ0n) is 11.7. The van der Waals surface area contributed by atoms with E-state index in [2.05, 4.69) is 10.2 Å². The topological polar surface area (TPSA) is 72.9 Å². The molecule has 0 saturated carbocycles. The normalized spacial score (nSPS) is 21.7. The number of carbonyl (C=O) groups is 2. The number of hydrogen-bond acceptors (Lipinski definition) is 4. The first-order valence-corrected chi connectivity index (χ1v) is 8.38. The summed E-state index contributed by atoms with van der Waals surface area (Å²) in [5, 5.41) is 11.8. The van der Waals surface area contributed by atoms with Crippen LogP contribution in [0.2, 0.25) is 0 Å². The van der Waals surface area contributed by atoms with Crippen molar-refractivity contribution in [3.8, 4) is 0 Å². The van der Waals surface area contributed by atoms with E-state index in [9.17, 15) is 9.59 Å². The number of carboxylic acid groups (broad SMARTS) is 1. The molecule has 7 heteroatoms. The van der Waals surface area contributed by atoms with Gasteiger partial charge in [0.05, 0.1) is 6.42 Å². The molecule has 114 valence electrons. The van der Waals surface area contributed by atoms with E-state index in [4.69, 9.17) is 5.11 Å². The van der Waals surface area contributed by atoms with Gasteiger partial charge in [-0.05, 0) is 24.3 Å². The van der Waals surface area contributed by atoms with Crippen LogP contribution in [0, 0.1) is 0 Å². The van der Waals surface area contributed by atoms with Crippen LogP contribution in [-0.2, 0) is 4.79 Å². The Morgan fingerprint density at radius 1 is 1.15 bits per heavy atom. The zero-order chi connectivity index (χ0) is 14.4. The van der Waals surface area contributed by atoms with Crippen LogP contribution in [0.5, 0.6) is 0 Å². The van der Waals surface area contributed by atoms with Gasteiger partial charge in [-0.2, -0.15) is 11.8 Å². The Morgan fingerprint density at radius 3 is 2.40 bits per heavy atom. The number of urea groups is 1. The molecule has 2 amide bonds. The summed E-state index contributed by atoms with van der Waals surface area (Å²) in [6.45, 7) is 3.48. The highest BCUT2D eigenvalue weighted by Crippen LogP contribution is 2.17. The summed E-state index contributed by atoms with van der Waals surface area (Å²) in [7, 11) is 0. The summed E-state index contributed by atoms with van der Waals surface area (Å²) < 4.78 is 0. The number of carbonyl (C=O) groups excluding carboxylic acids is 1. The lowest BCUT2D eigenvalue weighted by atomic mass is 10.1. The lowest BCUT2D eigenvalue weighted by Gasteiger charge is -2.35. The third kappa shape index (κ3) is 4.86. The van der Waals surface area contributed by atoms with Gasteiger partial charge in [0.15, 0.2) is 0 Å². The quantitative estimate of drug-likeness (QED) is 0.799. The molecule has 0 aromatic carbocycles. The third-order valence-electron chi connectivity index (χ3n) is 3.85. The van der Waals surface area contributed by atoms with Gasteiger partial charge >= 0.3 is 12.0 Å². The van der Waals surface area contributed by atoms with Crippen molar-refractivity contribution in [2.75, 3.05) is 44.2 Å². The summed E-state index contributed by atoms with van der Waals surface area (Å²) in [5.74, 6) is 1.50. The molecule has 2 saturated heterocycles. The highest BCUT2D eigenvalue weighted by Gasteiger charge is 2.23. The largest absolute Gasteiger partial charge is 0.481 e. The Morgan fingerprint density at radius 2 is 1.80 bits per heavy atom. The first-order valence-electron chi connectivity index (χ1n) is 7.22. The molecule has 6 nitrogen and oxygen atoms in total. The van der Waals surface area contributed by atoms with E-state index in [0.29, 0.717) is 25.7 Å². The molecule has 2 aliphatic heterocycles. The number of aliphatic carboxylic acids is 1. The highest BCUT2D eigenvalue weighted by molar-refractivity contribution is 7.99. The first-order chi connectivity index (χ1) is 9.65. The van der Waals surface area contributed by atoms with E-state index in [-0.39, 0.29) is 12.5 Å². The predicted molar refractivity (Wildman–Crippen MR) is 79.1 cm³/mol. The van der Waals surface area contributed by atoms with Crippen LogP contribution in [0.15, 0.2) is 0 Å². The van der Waals surface area contributed by atoms with Crippen LogP contribution < -0.4 is 5.32 Å². The van der Waals surface area contributed by atoms with Crippen molar-refractivity contribution in [2.45, 2.75) is 25.3 Å². The number of rotatable bonds is 4. The second-order valence-electron chi connectivity index (χ2n) is 5.31. The fourth-order valence-electron chi connectivity index (χ4n) is 2.54. The van der Waals surface area contributed by atoms with Gasteiger partial charge in [-0.25, -0.2) is 4.79 Å². The van der Waals surface area contributed by atoms with Crippen LogP contribution in [0.25, 0.3) is 0 Å². The van der Waals surface area contributed by atoms with Crippen LogP contribution in [0.4, 0.5) is 4.79 Å². The van der Waals surface area contributed by atoms with Crippen molar-refractivity contribution in [3.63, 3.8) is 0 Å². The molecular weight excluding hydrogens is 278 g/mol. The minimum absolute atomic E-state index is 0.0415. The zero-order valence-corrected chi connectivity index (χ0v) is 12.5. The van der Waals surface area contributed by atoms with Gasteiger partial charge in [0.1, 0.15) is 0 Å². The van der Waals surface area contributed by atoms with Gasteiger partial charge in [0.25, 0.3) is 0 Å². The maximum atomic E-state index is 12.1. The fourth-order valence-corrected chi connectivity index (χ4v) is 3.64. The molecule has 20 heavy (non-hydrogen) atoms. The van der Waals surface area contributed by atoms with E-state index in [0.717, 1.165) is 37.4 Å². The summed E-state index contributed by atoms with van der Waals surface area (Å²) in [6, 6.07) is 0.369. The Hall–Kier alpha value is -0.950. The van der Waals surface area contributed by atoms with Crippen LogP contribution in [-0.4, -0.2) is 77.2 Å². The second kappa shape index (κ2) is 7.73. The minimum Gasteiger partial charge on any atom is -0.481 e. The molecule has 0 aromatic heterocycles. The van der Waals surface area contributed by atoms with E-state index >= 15 is 0 Å². The molecule has 0 spiro atoms. The molecular formula is C13H23N3O3S. The standard InChI is InChI=1S/C13H23N3O3S/c17-12(18)1-4-15-5-7-16(8-6-15)13(19)14-11-2-9-20-10-3-11/h11H,1-10H2,(H,14,19)(H,17,18). The van der Waals surface area contributed by atoms with Crippen molar-refractivity contribution in [2.24, 2.45) is 0 Å². The monoisotopic (exact) mass is 301 g/mol. The molecule has 2 rings (SSSR count).